The Morgan fingerprint density at radius 1 is 1.07 bits per heavy atom. The van der Waals surface area contributed by atoms with Gasteiger partial charge < -0.3 is 15.2 Å². The van der Waals surface area contributed by atoms with E-state index in [2.05, 4.69) is 10.3 Å². The van der Waals surface area contributed by atoms with Gasteiger partial charge in [-0.1, -0.05) is 36.4 Å². The SMILES string of the molecule is O=C1NC(Cc2c[nH]c3ccccc23)C(=O)N1CC(=O)N1CCc2ccccc21. The minimum atomic E-state index is -0.666. The first-order chi connectivity index (χ1) is 14.1. The molecule has 1 unspecified atom stereocenters. The van der Waals surface area contributed by atoms with Gasteiger partial charge in [0.15, 0.2) is 0 Å². The van der Waals surface area contributed by atoms with Crippen LogP contribution in [-0.4, -0.2) is 46.9 Å². The van der Waals surface area contributed by atoms with E-state index in [1.165, 1.54) is 0 Å². The second-order valence-electron chi connectivity index (χ2n) is 7.41. The maximum atomic E-state index is 12.8. The average Bonchev–Trinajstić information content (AvgIpc) is 3.41. The fraction of sp³-hybridized carbons (Fsp3) is 0.227. The van der Waals surface area contributed by atoms with Crippen LogP contribution in [0.25, 0.3) is 10.9 Å². The van der Waals surface area contributed by atoms with Gasteiger partial charge in [-0.05, 0) is 29.7 Å². The molecule has 0 saturated carbocycles. The highest BCUT2D eigenvalue weighted by Gasteiger charge is 2.40. The van der Waals surface area contributed by atoms with Crippen molar-refractivity contribution in [2.24, 2.45) is 0 Å². The molecule has 7 nitrogen and oxygen atoms in total. The molecule has 0 spiro atoms. The number of fused-ring (bicyclic) bond motifs is 2. The topological polar surface area (TPSA) is 85.5 Å². The molecule has 1 fully saturated rings. The van der Waals surface area contributed by atoms with E-state index in [-0.39, 0.29) is 18.4 Å². The maximum Gasteiger partial charge on any atom is 0.325 e. The number of nitrogens with zero attached hydrogens (tertiary/aromatic N) is 2. The van der Waals surface area contributed by atoms with Crippen LogP contribution in [0.1, 0.15) is 11.1 Å². The fourth-order valence-corrected chi connectivity index (χ4v) is 4.20. The maximum absolute atomic E-state index is 12.8. The number of rotatable bonds is 4. The normalized spacial score (nSPS) is 18.4. The number of para-hydroxylation sites is 2. The van der Waals surface area contributed by atoms with E-state index in [0.29, 0.717) is 13.0 Å². The van der Waals surface area contributed by atoms with E-state index >= 15 is 0 Å². The molecular formula is C22H20N4O3. The Bertz CT molecular complexity index is 1140. The number of benzene rings is 2. The van der Waals surface area contributed by atoms with Gasteiger partial charge in [-0.15, -0.1) is 0 Å². The van der Waals surface area contributed by atoms with Crippen LogP contribution in [-0.2, 0) is 22.4 Å². The molecule has 4 amide bonds. The van der Waals surface area contributed by atoms with Crippen molar-refractivity contribution in [2.45, 2.75) is 18.9 Å². The number of imide groups is 1. The Labute approximate surface area is 167 Å². The molecule has 29 heavy (non-hydrogen) atoms. The first-order valence-corrected chi connectivity index (χ1v) is 9.67. The molecule has 2 aliphatic heterocycles. The minimum Gasteiger partial charge on any atom is -0.361 e. The van der Waals surface area contributed by atoms with Gasteiger partial charge in [0.1, 0.15) is 12.6 Å². The quantitative estimate of drug-likeness (QED) is 0.672. The lowest BCUT2D eigenvalue weighted by atomic mass is 10.1. The molecule has 146 valence electrons. The lowest BCUT2D eigenvalue weighted by molar-refractivity contribution is -0.131. The van der Waals surface area contributed by atoms with Gasteiger partial charge in [0.2, 0.25) is 5.91 Å². The summed E-state index contributed by atoms with van der Waals surface area (Å²) < 4.78 is 0. The summed E-state index contributed by atoms with van der Waals surface area (Å²) in [4.78, 5) is 43.9. The second kappa shape index (κ2) is 6.77. The van der Waals surface area contributed by atoms with Gasteiger partial charge in [0, 0.05) is 35.8 Å². The van der Waals surface area contributed by atoms with Gasteiger partial charge >= 0.3 is 6.03 Å². The standard InChI is InChI=1S/C22H20N4O3/c27-20(25-10-9-14-5-1-4-8-19(14)25)13-26-21(28)18(24-22(26)29)11-15-12-23-17-7-3-2-6-16(15)17/h1-8,12,18,23H,9-11,13H2,(H,24,29). The van der Waals surface area contributed by atoms with Crippen molar-refractivity contribution in [1.29, 1.82) is 0 Å². The molecule has 2 aliphatic rings. The Kier molecular flexibility index (Phi) is 4.08. The molecule has 0 aliphatic carbocycles. The number of nitrogens with one attached hydrogen (secondary N) is 2. The van der Waals surface area contributed by atoms with Crippen LogP contribution in [0, 0.1) is 0 Å². The Morgan fingerprint density at radius 3 is 2.76 bits per heavy atom. The number of hydrogen-bond acceptors (Lipinski definition) is 3. The van der Waals surface area contributed by atoms with E-state index in [9.17, 15) is 14.4 Å². The molecule has 1 atom stereocenters. The first kappa shape index (κ1) is 17.5. The van der Waals surface area contributed by atoms with Crippen molar-refractivity contribution in [1.82, 2.24) is 15.2 Å². The number of urea groups is 1. The molecule has 1 aromatic heterocycles. The predicted molar refractivity (Wildman–Crippen MR) is 109 cm³/mol. The Balaban J connectivity index is 1.30. The molecule has 0 radical (unpaired) electrons. The molecule has 5 rings (SSSR count). The van der Waals surface area contributed by atoms with Crippen LogP contribution >= 0.6 is 0 Å². The van der Waals surface area contributed by atoms with Crippen LogP contribution in [0.5, 0.6) is 0 Å². The van der Waals surface area contributed by atoms with Crippen molar-refractivity contribution in [2.75, 3.05) is 18.0 Å². The van der Waals surface area contributed by atoms with Crippen LogP contribution in [0.4, 0.5) is 10.5 Å². The second-order valence-corrected chi connectivity index (χ2v) is 7.41. The number of H-pyrrole nitrogens is 1. The summed E-state index contributed by atoms with van der Waals surface area (Å²) in [7, 11) is 0. The van der Waals surface area contributed by atoms with Gasteiger partial charge in [-0.2, -0.15) is 0 Å². The fourth-order valence-electron chi connectivity index (χ4n) is 4.20. The number of hydrogen-bond donors (Lipinski definition) is 2. The lowest BCUT2D eigenvalue weighted by Crippen LogP contribution is -2.43. The molecule has 7 heteroatoms. The van der Waals surface area contributed by atoms with Crippen LogP contribution in [0.3, 0.4) is 0 Å². The zero-order chi connectivity index (χ0) is 20.0. The molecule has 2 aromatic carbocycles. The van der Waals surface area contributed by atoms with Crippen molar-refractivity contribution < 1.29 is 14.4 Å². The zero-order valence-electron chi connectivity index (χ0n) is 15.7. The molecule has 2 N–H and O–H groups in total. The summed E-state index contributed by atoms with van der Waals surface area (Å²) in [6, 6.07) is 14.4. The smallest absolute Gasteiger partial charge is 0.325 e. The van der Waals surface area contributed by atoms with Gasteiger partial charge in [-0.3, -0.25) is 14.5 Å². The number of carbonyl (C=O) groups excluding carboxylic acids is 3. The minimum absolute atomic E-state index is 0.244. The van der Waals surface area contributed by atoms with Crippen LogP contribution in [0.15, 0.2) is 54.7 Å². The number of carbonyl (C=O) groups is 3. The number of aromatic nitrogens is 1. The van der Waals surface area contributed by atoms with Gasteiger partial charge in [0.25, 0.3) is 5.91 Å². The number of aromatic amines is 1. The third-order valence-electron chi connectivity index (χ3n) is 5.69. The van der Waals surface area contributed by atoms with E-state index in [1.807, 2.05) is 54.7 Å². The Morgan fingerprint density at radius 2 is 1.86 bits per heavy atom. The molecule has 0 bridgehead atoms. The summed E-state index contributed by atoms with van der Waals surface area (Å²) in [6.07, 6.45) is 3.02. The predicted octanol–water partition coefficient (Wildman–Crippen LogP) is 2.22. The van der Waals surface area contributed by atoms with Crippen molar-refractivity contribution >= 4 is 34.4 Å². The highest BCUT2D eigenvalue weighted by Crippen LogP contribution is 2.28. The van der Waals surface area contributed by atoms with E-state index in [1.54, 1.807) is 4.90 Å². The van der Waals surface area contributed by atoms with Crippen LogP contribution < -0.4 is 10.2 Å². The number of amides is 4. The average molecular weight is 388 g/mol. The summed E-state index contributed by atoms with van der Waals surface area (Å²) in [5.41, 5.74) is 3.91. The van der Waals surface area contributed by atoms with Crippen molar-refractivity contribution in [3.05, 3.63) is 65.9 Å². The highest BCUT2D eigenvalue weighted by atomic mass is 16.2. The molecule has 1 saturated heterocycles. The third kappa shape index (κ3) is 2.95. The van der Waals surface area contributed by atoms with Gasteiger partial charge in [-0.25, -0.2) is 4.79 Å². The lowest BCUT2D eigenvalue weighted by Gasteiger charge is -2.20. The van der Waals surface area contributed by atoms with E-state index in [0.717, 1.165) is 39.0 Å². The summed E-state index contributed by atoms with van der Waals surface area (Å²) in [5, 5.41) is 3.75. The largest absolute Gasteiger partial charge is 0.361 e. The first-order valence-electron chi connectivity index (χ1n) is 9.67. The molecular weight excluding hydrogens is 368 g/mol. The molecule has 3 heterocycles. The summed E-state index contributed by atoms with van der Waals surface area (Å²) >= 11 is 0. The van der Waals surface area contributed by atoms with Crippen molar-refractivity contribution in [3.8, 4) is 0 Å². The van der Waals surface area contributed by atoms with Gasteiger partial charge in [0.05, 0.1) is 0 Å². The van der Waals surface area contributed by atoms with E-state index < -0.39 is 12.1 Å². The zero-order valence-corrected chi connectivity index (χ0v) is 15.7. The monoisotopic (exact) mass is 388 g/mol. The summed E-state index contributed by atoms with van der Waals surface area (Å²) in [6.45, 7) is 0.323. The number of anilines is 1. The van der Waals surface area contributed by atoms with Crippen LogP contribution in [0.2, 0.25) is 0 Å². The summed E-state index contributed by atoms with van der Waals surface area (Å²) in [5.74, 6) is -0.604. The highest BCUT2D eigenvalue weighted by molar-refractivity contribution is 6.09. The van der Waals surface area contributed by atoms with Crippen molar-refractivity contribution in [3.63, 3.8) is 0 Å². The van der Waals surface area contributed by atoms with E-state index in [4.69, 9.17) is 0 Å². The third-order valence-corrected chi connectivity index (χ3v) is 5.69. The Hall–Kier alpha value is -3.61. The molecule has 3 aromatic rings.